The minimum atomic E-state index is -0.242. The minimum absolute atomic E-state index is 0.242. The Morgan fingerprint density at radius 3 is 2.80 bits per heavy atom. The molecule has 0 aliphatic carbocycles. The summed E-state index contributed by atoms with van der Waals surface area (Å²) in [6.07, 6.45) is 2.48. The Morgan fingerprint density at radius 1 is 1.70 bits per heavy atom. The Kier molecular flexibility index (Phi) is 2.12. The van der Waals surface area contributed by atoms with Gasteiger partial charge in [-0.05, 0) is 19.1 Å². The lowest BCUT2D eigenvalue weighted by molar-refractivity contribution is 0.193. The molecule has 0 amide bonds. The molecular formula is C8H13NO. The van der Waals surface area contributed by atoms with Crippen LogP contribution >= 0.6 is 0 Å². The molecule has 1 N–H and O–H groups in total. The number of aromatic nitrogens is 1. The first kappa shape index (κ1) is 7.35. The fraction of sp³-hybridized carbons (Fsp3) is 0.500. The molecule has 56 valence electrons. The Bertz CT molecular complexity index is 203. The van der Waals surface area contributed by atoms with Crippen LogP contribution in [-0.2, 0) is 13.5 Å². The van der Waals surface area contributed by atoms with E-state index >= 15 is 0 Å². The first-order valence-corrected chi connectivity index (χ1v) is 3.48. The predicted molar refractivity (Wildman–Crippen MR) is 40.8 cm³/mol. The summed E-state index contributed by atoms with van der Waals surface area (Å²) in [6, 6.07) is 4.00. The molecule has 1 aromatic heterocycles. The highest BCUT2D eigenvalue weighted by Gasteiger charge is 2.00. The van der Waals surface area contributed by atoms with Crippen molar-refractivity contribution in [3.8, 4) is 0 Å². The summed E-state index contributed by atoms with van der Waals surface area (Å²) < 4.78 is 2.02. The lowest BCUT2D eigenvalue weighted by atomic mass is 10.2. The summed E-state index contributed by atoms with van der Waals surface area (Å²) in [5.41, 5.74) is 1.18. The predicted octanol–water partition coefficient (Wildman–Crippen LogP) is 0.948. The van der Waals surface area contributed by atoms with E-state index in [1.165, 1.54) is 5.69 Å². The molecule has 0 radical (unpaired) electrons. The maximum atomic E-state index is 9.04. The molecule has 0 aliphatic rings. The van der Waals surface area contributed by atoms with Gasteiger partial charge in [-0.3, -0.25) is 0 Å². The molecule has 0 unspecified atom stereocenters. The van der Waals surface area contributed by atoms with Crippen molar-refractivity contribution in [2.45, 2.75) is 19.4 Å². The average molecular weight is 139 g/mol. The van der Waals surface area contributed by atoms with E-state index < -0.39 is 0 Å². The van der Waals surface area contributed by atoms with Gasteiger partial charge in [0.2, 0.25) is 0 Å². The van der Waals surface area contributed by atoms with Gasteiger partial charge in [0.15, 0.2) is 0 Å². The second kappa shape index (κ2) is 2.88. The summed E-state index contributed by atoms with van der Waals surface area (Å²) in [5.74, 6) is 0. The largest absolute Gasteiger partial charge is 0.393 e. The number of aryl methyl sites for hydroxylation is 1. The van der Waals surface area contributed by atoms with E-state index in [1.807, 2.05) is 29.9 Å². The molecule has 1 heterocycles. The second-order valence-corrected chi connectivity index (χ2v) is 2.66. The number of hydrogen-bond acceptors (Lipinski definition) is 1. The van der Waals surface area contributed by atoms with Crippen molar-refractivity contribution in [3.63, 3.8) is 0 Å². The SMILES string of the molecule is C[C@@H](O)Cc1cccn1C. The van der Waals surface area contributed by atoms with E-state index in [1.54, 1.807) is 6.92 Å². The molecule has 0 fully saturated rings. The molecule has 0 spiro atoms. The highest BCUT2D eigenvalue weighted by molar-refractivity contribution is 5.07. The molecule has 0 bridgehead atoms. The van der Waals surface area contributed by atoms with Gasteiger partial charge in [0.25, 0.3) is 0 Å². The molecule has 0 aromatic carbocycles. The van der Waals surface area contributed by atoms with Crippen molar-refractivity contribution in [1.29, 1.82) is 0 Å². The van der Waals surface area contributed by atoms with Crippen molar-refractivity contribution in [2.24, 2.45) is 7.05 Å². The Morgan fingerprint density at radius 2 is 2.40 bits per heavy atom. The fourth-order valence-corrected chi connectivity index (χ4v) is 1.01. The van der Waals surface area contributed by atoms with Gasteiger partial charge in [0.1, 0.15) is 0 Å². The standard InChI is InChI=1S/C8H13NO/c1-7(10)6-8-4-3-5-9(8)2/h3-5,7,10H,6H2,1-2H3/t7-/m1/s1. The van der Waals surface area contributed by atoms with E-state index in [0.29, 0.717) is 0 Å². The first-order valence-electron chi connectivity index (χ1n) is 3.48. The summed E-state index contributed by atoms with van der Waals surface area (Å²) in [5, 5.41) is 9.04. The lowest BCUT2D eigenvalue weighted by Gasteiger charge is -2.04. The second-order valence-electron chi connectivity index (χ2n) is 2.66. The van der Waals surface area contributed by atoms with Crippen molar-refractivity contribution in [2.75, 3.05) is 0 Å². The quantitative estimate of drug-likeness (QED) is 0.648. The molecule has 2 nitrogen and oxygen atoms in total. The number of aliphatic hydroxyl groups is 1. The van der Waals surface area contributed by atoms with Crippen LogP contribution in [0.5, 0.6) is 0 Å². The van der Waals surface area contributed by atoms with Crippen LogP contribution in [0.3, 0.4) is 0 Å². The summed E-state index contributed by atoms with van der Waals surface area (Å²) in [6.45, 7) is 1.80. The Hall–Kier alpha value is -0.760. The van der Waals surface area contributed by atoms with E-state index in [4.69, 9.17) is 5.11 Å². The number of rotatable bonds is 2. The molecule has 0 saturated carbocycles. The van der Waals surface area contributed by atoms with Crippen LogP contribution in [0, 0.1) is 0 Å². The highest BCUT2D eigenvalue weighted by Crippen LogP contribution is 2.02. The van der Waals surface area contributed by atoms with Gasteiger partial charge in [-0.1, -0.05) is 0 Å². The number of nitrogens with zero attached hydrogens (tertiary/aromatic N) is 1. The van der Waals surface area contributed by atoms with Crippen LogP contribution in [0.25, 0.3) is 0 Å². The highest BCUT2D eigenvalue weighted by atomic mass is 16.3. The van der Waals surface area contributed by atoms with Crippen LogP contribution < -0.4 is 0 Å². The lowest BCUT2D eigenvalue weighted by Crippen LogP contribution is -2.07. The van der Waals surface area contributed by atoms with Crippen molar-refractivity contribution in [1.82, 2.24) is 4.57 Å². The third-order valence-corrected chi connectivity index (χ3v) is 1.56. The average Bonchev–Trinajstić information content (AvgIpc) is 2.15. The van der Waals surface area contributed by atoms with Crippen LogP contribution in [0.1, 0.15) is 12.6 Å². The van der Waals surface area contributed by atoms with Gasteiger partial charge in [-0.2, -0.15) is 0 Å². The molecule has 1 atom stereocenters. The minimum Gasteiger partial charge on any atom is -0.393 e. The van der Waals surface area contributed by atoms with Gasteiger partial charge < -0.3 is 9.67 Å². The summed E-state index contributed by atoms with van der Waals surface area (Å²) >= 11 is 0. The summed E-state index contributed by atoms with van der Waals surface area (Å²) in [7, 11) is 1.98. The molecular weight excluding hydrogens is 126 g/mol. The molecule has 0 aliphatic heterocycles. The van der Waals surface area contributed by atoms with Gasteiger partial charge >= 0.3 is 0 Å². The number of aliphatic hydroxyl groups excluding tert-OH is 1. The maximum absolute atomic E-state index is 9.04. The van der Waals surface area contributed by atoms with Crippen molar-refractivity contribution < 1.29 is 5.11 Å². The van der Waals surface area contributed by atoms with Crippen LogP contribution in [-0.4, -0.2) is 15.8 Å². The zero-order chi connectivity index (χ0) is 7.56. The zero-order valence-electron chi connectivity index (χ0n) is 6.41. The monoisotopic (exact) mass is 139 g/mol. The smallest absolute Gasteiger partial charge is 0.0566 e. The van der Waals surface area contributed by atoms with Gasteiger partial charge in [-0.15, -0.1) is 0 Å². The van der Waals surface area contributed by atoms with Crippen LogP contribution in [0.4, 0.5) is 0 Å². The summed E-state index contributed by atoms with van der Waals surface area (Å²) in [4.78, 5) is 0. The Balaban J connectivity index is 2.65. The normalized spacial score (nSPS) is 13.5. The van der Waals surface area contributed by atoms with Crippen molar-refractivity contribution in [3.05, 3.63) is 24.0 Å². The fourth-order valence-electron chi connectivity index (χ4n) is 1.01. The van der Waals surface area contributed by atoms with Gasteiger partial charge in [0.05, 0.1) is 6.10 Å². The topological polar surface area (TPSA) is 25.2 Å². The van der Waals surface area contributed by atoms with Crippen LogP contribution in [0.15, 0.2) is 18.3 Å². The third kappa shape index (κ3) is 1.61. The Labute approximate surface area is 61.1 Å². The van der Waals surface area contributed by atoms with E-state index in [2.05, 4.69) is 0 Å². The zero-order valence-corrected chi connectivity index (χ0v) is 6.41. The molecule has 10 heavy (non-hydrogen) atoms. The molecule has 0 saturated heterocycles. The third-order valence-electron chi connectivity index (χ3n) is 1.56. The molecule has 2 heteroatoms. The van der Waals surface area contributed by atoms with E-state index in [9.17, 15) is 0 Å². The number of hydrogen-bond donors (Lipinski definition) is 1. The van der Waals surface area contributed by atoms with Gasteiger partial charge in [-0.25, -0.2) is 0 Å². The first-order chi connectivity index (χ1) is 4.70. The van der Waals surface area contributed by atoms with Crippen molar-refractivity contribution >= 4 is 0 Å². The maximum Gasteiger partial charge on any atom is 0.0566 e. The van der Waals surface area contributed by atoms with Crippen LogP contribution in [0.2, 0.25) is 0 Å². The molecule has 1 aromatic rings. The van der Waals surface area contributed by atoms with E-state index in [-0.39, 0.29) is 6.10 Å². The van der Waals surface area contributed by atoms with Gasteiger partial charge in [0, 0.05) is 25.4 Å². The van der Waals surface area contributed by atoms with E-state index in [0.717, 1.165) is 6.42 Å². The molecule has 1 rings (SSSR count).